The second-order valence-electron chi connectivity index (χ2n) is 6.22. The maximum absolute atomic E-state index is 12.2. The van der Waals surface area contributed by atoms with E-state index < -0.39 is 0 Å². The summed E-state index contributed by atoms with van der Waals surface area (Å²) >= 11 is 0. The summed E-state index contributed by atoms with van der Waals surface area (Å²) < 4.78 is 12.7. The molecule has 0 fully saturated rings. The van der Waals surface area contributed by atoms with Crippen molar-refractivity contribution >= 4 is 5.91 Å². The van der Waals surface area contributed by atoms with Gasteiger partial charge in [-0.25, -0.2) is 9.67 Å². The Morgan fingerprint density at radius 1 is 1.07 bits per heavy atom. The summed E-state index contributed by atoms with van der Waals surface area (Å²) in [5.41, 5.74) is 1.94. The number of amides is 1. The number of rotatable bonds is 9. The van der Waals surface area contributed by atoms with Crippen molar-refractivity contribution in [2.75, 3.05) is 13.2 Å². The summed E-state index contributed by atoms with van der Waals surface area (Å²) in [5.74, 6) is 1.46. The highest BCUT2D eigenvalue weighted by molar-refractivity contribution is 5.76. The van der Waals surface area contributed by atoms with Crippen LogP contribution in [-0.2, 0) is 4.79 Å². The SMILES string of the molecule is CCOc1ccc(OCCC(=O)NC(C)c2ccc(-n3cncn3)cc2)cc1. The molecule has 2 aromatic carbocycles. The minimum absolute atomic E-state index is 0.0567. The maximum Gasteiger partial charge on any atom is 0.223 e. The number of carbonyl (C=O) groups is 1. The normalized spacial score (nSPS) is 11.6. The smallest absolute Gasteiger partial charge is 0.223 e. The van der Waals surface area contributed by atoms with Crippen LogP contribution < -0.4 is 14.8 Å². The predicted molar refractivity (Wildman–Crippen MR) is 106 cm³/mol. The molecule has 0 aliphatic carbocycles. The molecule has 7 nitrogen and oxygen atoms in total. The zero-order valence-corrected chi connectivity index (χ0v) is 16.0. The van der Waals surface area contributed by atoms with Crippen molar-refractivity contribution in [1.29, 1.82) is 0 Å². The monoisotopic (exact) mass is 380 g/mol. The third-order valence-corrected chi connectivity index (χ3v) is 4.19. The second-order valence-corrected chi connectivity index (χ2v) is 6.22. The van der Waals surface area contributed by atoms with Gasteiger partial charge in [-0.15, -0.1) is 0 Å². The molecule has 0 radical (unpaired) electrons. The molecule has 0 saturated heterocycles. The fourth-order valence-electron chi connectivity index (χ4n) is 2.71. The number of nitrogens with one attached hydrogen (secondary N) is 1. The van der Waals surface area contributed by atoms with Crippen LogP contribution >= 0.6 is 0 Å². The summed E-state index contributed by atoms with van der Waals surface area (Å²) in [6, 6.07) is 15.1. The van der Waals surface area contributed by atoms with Crippen molar-refractivity contribution in [3.63, 3.8) is 0 Å². The quantitative estimate of drug-likeness (QED) is 0.616. The molecule has 28 heavy (non-hydrogen) atoms. The Kier molecular flexibility index (Phi) is 6.62. The summed E-state index contributed by atoms with van der Waals surface area (Å²) in [4.78, 5) is 16.1. The lowest BCUT2D eigenvalue weighted by Crippen LogP contribution is -2.27. The standard InChI is InChI=1S/C21H24N4O3/c1-3-27-19-8-10-20(11-9-19)28-13-12-21(26)24-16(2)17-4-6-18(7-5-17)25-15-22-14-23-25/h4-11,14-16H,3,12-13H2,1-2H3,(H,24,26). The number of ether oxygens (including phenoxy) is 2. The molecule has 146 valence electrons. The van der Waals surface area contributed by atoms with E-state index in [1.165, 1.54) is 6.33 Å². The van der Waals surface area contributed by atoms with Gasteiger partial charge in [0.1, 0.15) is 24.2 Å². The Labute approximate surface area is 164 Å². The van der Waals surface area contributed by atoms with Gasteiger partial charge in [-0.2, -0.15) is 5.10 Å². The van der Waals surface area contributed by atoms with E-state index in [4.69, 9.17) is 9.47 Å². The fraction of sp³-hybridized carbons (Fsp3) is 0.286. The third-order valence-electron chi connectivity index (χ3n) is 4.19. The van der Waals surface area contributed by atoms with Crippen LogP contribution in [0.2, 0.25) is 0 Å². The maximum atomic E-state index is 12.2. The van der Waals surface area contributed by atoms with Crippen molar-refractivity contribution in [3.05, 3.63) is 66.7 Å². The first-order chi connectivity index (χ1) is 13.7. The van der Waals surface area contributed by atoms with Gasteiger partial charge in [0.05, 0.1) is 31.4 Å². The molecule has 1 amide bonds. The lowest BCUT2D eigenvalue weighted by Gasteiger charge is -2.15. The summed E-state index contributed by atoms with van der Waals surface area (Å²) in [6.45, 7) is 4.84. The second kappa shape index (κ2) is 9.55. The Morgan fingerprint density at radius 2 is 1.75 bits per heavy atom. The van der Waals surface area contributed by atoms with Crippen LogP contribution in [0.25, 0.3) is 5.69 Å². The highest BCUT2D eigenvalue weighted by atomic mass is 16.5. The third kappa shape index (κ3) is 5.33. The predicted octanol–water partition coefficient (Wildman–Crippen LogP) is 3.31. The molecule has 0 aliphatic rings. The fourth-order valence-corrected chi connectivity index (χ4v) is 2.71. The first-order valence-electron chi connectivity index (χ1n) is 9.25. The number of benzene rings is 2. The van der Waals surface area contributed by atoms with Crippen LogP contribution in [0.4, 0.5) is 0 Å². The van der Waals surface area contributed by atoms with E-state index in [1.807, 2.05) is 62.4 Å². The minimum Gasteiger partial charge on any atom is -0.494 e. The van der Waals surface area contributed by atoms with Crippen LogP contribution in [-0.4, -0.2) is 33.9 Å². The molecular formula is C21H24N4O3. The van der Waals surface area contributed by atoms with Gasteiger partial charge in [0, 0.05) is 0 Å². The first-order valence-corrected chi connectivity index (χ1v) is 9.25. The Balaban J connectivity index is 1.43. The van der Waals surface area contributed by atoms with Crippen molar-refractivity contribution in [3.8, 4) is 17.2 Å². The molecule has 7 heteroatoms. The molecule has 3 aromatic rings. The highest BCUT2D eigenvalue weighted by Crippen LogP contribution is 2.18. The van der Waals surface area contributed by atoms with Crippen molar-refractivity contribution < 1.29 is 14.3 Å². The molecule has 1 heterocycles. The average molecular weight is 380 g/mol. The molecule has 1 atom stereocenters. The van der Waals surface area contributed by atoms with Crippen LogP contribution in [0.1, 0.15) is 31.9 Å². The number of aromatic nitrogens is 3. The number of hydrogen-bond acceptors (Lipinski definition) is 5. The Bertz CT molecular complexity index is 862. The van der Waals surface area contributed by atoms with E-state index >= 15 is 0 Å². The lowest BCUT2D eigenvalue weighted by atomic mass is 10.1. The van der Waals surface area contributed by atoms with Crippen molar-refractivity contribution in [1.82, 2.24) is 20.1 Å². The van der Waals surface area contributed by atoms with E-state index in [2.05, 4.69) is 15.4 Å². The number of carbonyl (C=O) groups excluding carboxylic acids is 1. The molecule has 1 N–H and O–H groups in total. The summed E-state index contributed by atoms with van der Waals surface area (Å²) in [5, 5.41) is 7.09. The van der Waals surface area contributed by atoms with Gasteiger partial charge in [0.15, 0.2) is 0 Å². The zero-order chi connectivity index (χ0) is 19.8. The van der Waals surface area contributed by atoms with Gasteiger partial charge >= 0.3 is 0 Å². The number of hydrogen-bond donors (Lipinski definition) is 1. The van der Waals surface area contributed by atoms with E-state index in [0.29, 0.717) is 19.0 Å². The van der Waals surface area contributed by atoms with Crippen LogP contribution in [0, 0.1) is 0 Å². The largest absolute Gasteiger partial charge is 0.494 e. The molecule has 0 aliphatic heterocycles. The minimum atomic E-state index is -0.0947. The lowest BCUT2D eigenvalue weighted by molar-refractivity contribution is -0.122. The Morgan fingerprint density at radius 3 is 2.36 bits per heavy atom. The molecule has 0 spiro atoms. The van der Waals surface area contributed by atoms with Gasteiger partial charge in [-0.1, -0.05) is 12.1 Å². The van der Waals surface area contributed by atoms with E-state index in [0.717, 1.165) is 17.0 Å². The van der Waals surface area contributed by atoms with Crippen LogP contribution in [0.5, 0.6) is 11.5 Å². The topological polar surface area (TPSA) is 78.3 Å². The van der Waals surface area contributed by atoms with E-state index in [-0.39, 0.29) is 18.4 Å². The van der Waals surface area contributed by atoms with Gasteiger partial charge < -0.3 is 14.8 Å². The van der Waals surface area contributed by atoms with Gasteiger partial charge in [-0.3, -0.25) is 4.79 Å². The molecule has 1 aromatic heterocycles. The van der Waals surface area contributed by atoms with E-state index in [9.17, 15) is 4.79 Å². The highest BCUT2D eigenvalue weighted by Gasteiger charge is 2.10. The molecule has 1 unspecified atom stereocenters. The first kappa shape index (κ1) is 19.4. The van der Waals surface area contributed by atoms with Gasteiger partial charge in [-0.05, 0) is 55.8 Å². The summed E-state index contributed by atoms with van der Waals surface area (Å²) in [6.07, 6.45) is 3.42. The van der Waals surface area contributed by atoms with Gasteiger partial charge in [0.25, 0.3) is 0 Å². The zero-order valence-electron chi connectivity index (χ0n) is 16.0. The molecule has 0 bridgehead atoms. The Hall–Kier alpha value is -3.35. The van der Waals surface area contributed by atoms with Crippen LogP contribution in [0.3, 0.4) is 0 Å². The van der Waals surface area contributed by atoms with Crippen LogP contribution in [0.15, 0.2) is 61.2 Å². The average Bonchev–Trinajstić information content (AvgIpc) is 3.24. The number of nitrogens with zero attached hydrogens (tertiary/aromatic N) is 3. The van der Waals surface area contributed by atoms with E-state index in [1.54, 1.807) is 11.0 Å². The van der Waals surface area contributed by atoms with Crippen molar-refractivity contribution in [2.45, 2.75) is 26.3 Å². The molecule has 3 rings (SSSR count). The molecule has 0 saturated carbocycles. The summed E-state index contributed by atoms with van der Waals surface area (Å²) in [7, 11) is 0. The molecular weight excluding hydrogens is 356 g/mol. The van der Waals surface area contributed by atoms with Crippen molar-refractivity contribution in [2.24, 2.45) is 0 Å². The van der Waals surface area contributed by atoms with Gasteiger partial charge in [0.2, 0.25) is 5.91 Å².